The molecule has 0 spiro atoms. The summed E-state index contributed by atoms with van der Waals surface area (Å²) in [6, 6.07) is 21.6. The Bertz CT molecular complexity index is 2050. The highest BCUT2D eigenvalue weighted by Gasteiger charge is 2.24. The van der Waals surface area contributed by atoms with Crippen molar-refractivity contribution in [1.82, 2.24) is 29.5 Å². The van der Waals surface area contributed by atoms with Crippen molar-refractivity contribution >= 4 is 45.6 Å². The molecule has 0 saturated carbocycles. The lowest BCUT2D eigenvalue weighted by molar-refractivity contribution is -0.119. The Morgan fingerprint density at radius 3 is 2.57 bits per heavy atom. The Morgan fingerprint density at radius 1 is 0.976 bits per heavy atom. The number of aromatic nitrogens is 6. The molecule has 3 aromatic carbocycles. The lowest BCUT2D eigenvalue weighted by Gasteiger charge is -2.20. The first-order valence-corrected chi connectivity index (χ1v) is 13.5. The van der Waals surface area contributed by atoms with Crippen molar-refractivity contribution in [3.63, 3.8) is 0 Å². The van der Waals surface area contributed by atoms with Crippen LogP contribution in [0.25, 0.3) is 27.7 Å². The van der Waals surface area contributed by atoms with Crippen LogP contribution in [0.2, 0.25) is 10.2 Å². The van der Waals surface area contributed by atoms with Crippen LogP contribution in [0.4, 0.5) is 5.69 Å². The zero-order valence-electron chi connectivity index (χ0n) is 21.7. The minimum absolute atomic E-state index is 0.201. The average molecular weight is 598 g/mol. The number of carbonyl (C=O) groups is 1. The molecule has 1 unspecified atom stereocenters. The van der Waals surface area contributed by atoms with Gasteiger partial charge >= 0.3 is 0 Å². The van der Waals surface area contributed by atoms with Gasteiger partial charge in [-0.1, -0.05) is 58.7 Å². The Labute approximate surface area is 248 Å². The topological polar surface area (TPSA) is 128 Å². The van der Waals surface area contributed by atoms with Crippen molar-refractivity contribution in [3.8, 4) is 16.9 Å². The van der Waals surface area contributed by atoms with E-state index in [1.165, 1.54) is 27.8 Å². The van der Waals surface area contributed by atoms with Gasteiger partial charge in [0.25, 0.3) is 11.1 Å². The lowest BCUT2D eigenvalue weighted by atomic mass is 10.0. The number of pyridine rings is 1. The maximum absolute atomic E-state index is 13.7. The second-order valence-corrected chi connectivity index (χ2v) is 10.3. The van der Waals surface area contributed by atoms with Crippen molar-refractivity contribution in [1.29, 1.82) is 0 Å². The highest BCUT2D eigenvalue weighted by atomic mass is 35.5. The molecule has 1 amide bonds. The second-order valence-electron chi connectivity index (χ2n) is 9.47. The first-order valence-electron chi connectivity index (χ1n) is 12.8. The first kappa shape index (κ1) is 27.1. The van der Waals surface area contributed by atoms with Crippen LogP contribution in [0.15, 0.2) is 107 Å². The molecule has 0 fully saturated rings. The van der Waals surface area contributed by atoms with E-state index in [0.717, 1.165) is 5.56 Å². The van der Waals surface area contributed by atoms with Crippen molar-refractivity contribution < 1.29 is 4.79 Å². The summed E-state index contributed by atoms with van der Waals surface area (Å²) >= 11 is 12.2. The maximum Gasteiger partial charge on any atom is 0.255 e. The van der Waals surface area contributed by atoms with Gasteiger partial charge in [-0.15, -0.1) is 5.10 Å². The van der Waals surface area contributed by atoms with Crippen LogP contribution in [0.5, 0.6) is 0 Å². The number of fused-ring (bicyclic) bond motifs is 1. The molecule has 6 rings (SSSR count). The Balaban J connectivity index is 1.37. The fourth-order valence-electron chi connectivity index (χ4n) is 4.72. The molecule has 1 atom stereocenters. The average Bonchev–Trinajstić information content (AvgIpc) is 3.42. The second kappa shape index (κ2) is 11.4. The molecule has 6 aromatic rings. The van der Waals surface area contributed by atoms with Crippen molar-refractivity contribution in [3.05, 3.63) is 134 Å². The molecule has 10 nitrogen and oxygen atoms in total. The van der Waals surface area contributed by atoms with E-state index in [9.17, 15) is 14.4 Å². The quantitative estimate of drug-likeness (QED) is 0.265. The number of rotatable bonds is 7. The molecule has 0 aliphatic heterocycles. The molecule has 0 bridgehead atoms. The van der Waals surface area contributed by atoms with Crippen LogP contribution in [0, 0.1) is 0 Å². The van der Waals surface area contributed by atoms with Gasteiger partial charge in [-0.3, -0.25) is 19.0 Å². The molecule has 208 valence electrons. The summed E-state index contributed by atoms with van der Waals surface area (Å²) in [5.41, 5.74) is 2.12. The smallest absolute Gasteiger partial charge is 0.255 e. The zero-order valence-corrected chi connectivity index (χ0v) is 23.3. The van der Waals surface area contributed by atoms with Gasteiger partial charge in [0.2, 0.25) is 5.91 Å². The van der Waals surface area contributed by atoms with E-state index in [1.807, 2.05) is 30.3 Å². The number of benzene rings is 3. The number of H-pyrrole nitrogens is 1. The molecule has 2 N–H and O–H groups in total. The van der Waals surface area contributed by atoms with E-state index in [4.69, 9.17) is 23.2 Å². The third kappa shape index (κ3) is 5.58. The highest BCUT2D eigenvalue weighted by molar-refractivity contribution is 6.31. The largest absolute Gasteiger partial charge is 0.329 e. The predicted molar refractivity (Wildman–Crippen MR) is 161 cm³/mol. The molecule has 0 saturated heterocycles. The summed E-state index contributed by atoms with van der Waals surface area (Å²) in [4.78, 5) is 46.5. The SMILES string of the molecule is O=C(Nc1ccc2c(=O)[nH]ccc2c1)C(Cc1ccccc1)n1cnc(-c2cc(Cl)ccc2-n2cc(Cl)nn2)cc1=O. The number of nitrogens with one attached hydrogen (secondary N) is 2. The maximum atomic E-state index is 13.7. The number of aromatic amines is 1. The Hall–Kier alpha value is -5.06. The van der Waals surface area contributed by atoms with Gasteiger partial charge in [-0.05, 0) is 53.4 Å². The monoisotopic (exact) mass is 597 g/mol. The molecular formula is C30H21Cl2N7O3. The van der Waals surface area contributed by atoms with E-state index in [-0.39, 0.29) is 17.1 Å². The van der Waals surface area contributed by atoms with Crippen LogP contribution in [-0.4, -0.2) is 35.4 Å². The number of nitrogens with zero attached hydrogens (tertiary/aromatic N) is 5. The third-order valence-electron chi connectivity index (χ3n) is 6.73. The number of halogens is 2. The number of anilines is 1. The van der Waals surface area contributed by atoms with E-state index >= 15 is 0 Å². The van der Waals surface area contributed by atoms with Gasteiger partial charge in [0.1, 0.15) is 6.04 Å². The fourth-order valence-corrected chi connectivity index (χ4v) is 5.01. The summed E-state index contributed by atoms with van der Waals surface area (Å²) in [6.07, 6.45) is 4.66. The number of carbonyl (C=O) groups excluding carboxylic acids is 1. The number of hydrogen-bond acceptors (Lipinski definition) is 6. The van der Waals surface area contributed by atoms with Crippen LogP contribution >= 0.6 is 23.2 Å². The van der Waals surface area contributed by atoms with Gasteiger partial charge in [0.05, 0.1) is 23.9 Å². The van der Waals surface area contributed by atoms with Gasteiger partial charge < -0.3 is 10.3 Å². The molecular weight excluding hydrogens is 577 g/mol. The van der Waals surface area contributed by atoms with E-state index in [0.29, 0.717) is 38.4 Å². The molecule has 42 heavy (non-hydrogen) atoms. The van der Waals surface area contributed by atoms with Crippen LogP contribution < -0.4 is 16.4 Å². The van der Waals surface area contributed by atoms with Crippen molar-refractivity contribution in [2.75, 3.05) is 5.32 Å². The Kier molecular flexibility index (Phi) is 7.39. The predicted octanol–water partition coefficient (Wildman–Crippen LogP) is 5.06. The van der Waals surface area contributed by atoms with Gasteiger partial charge in [-0.25, -0.2) is 9.67 Å². The first-order chi connectivity index (χ1) is 20.4. The third-order valence-corrected chi connectivity index (χ3v) is 7.14. The standard InChI is InChI=1S/C30H21Cl2N7O3/c31-20-6-9-25(39-16-27(32)36-37-39)23(14-20)24-15-28(40)38(17-34-24)26(12-18-4-2-1-3-5-18)30(42)35-21-7-8-22-19(13-21)10-11-33-29(22)41/h1-11,13-17,26H,12H2,(H,33,41)(H,35,42). The summed E-state index contributed by atoms with van der Waals surface area (Å²) in [6.45, 7) is 0. The van der Waals surface area contributed by atoms with Crippen LogP contribution in [-0.2, 0) is 11.2 Å². The van der Waals surface area contributed by atoms with Gasteiger partial charge in [0.15, 0.2) is 5.15 Å². The number of amides is 1. The molecule has 3 aromatic heterocycles. The number of hydrogen-bond donors (Lipinski definition) is 2. The minimum Gasteiger partial charge on any atom is -0.329 e. The van der Waals surface area contributed by atoms with Gasteiger partial charge in [-0.2, -0.15) is 0 Å². The van der Waals surface area contributed by atoms with Crippen molar-refractivity contribution in [2.24, 2.45) is 0 Å². The normalized spacial score (nSPS) is 11.9. The van der Waals surface area contributed by atoms with Crippen molar-refractivity contribution in [2.45, 2.75) is 12.5 Å². The van der Waals surface area contributed by atoms with E-state index in [1.54, 1.807) is 48.7 Å². The fraction of sp³-hybridized carbons (Fsp3) is 0.0667. The summed E-state index contributed by atoms with van der Waals surface area (Å²) < 4.78 is 2.76. The molecule has 12 heteroatoms. The molecule has 0 aliphatic carbocycles. The molecule has 0 radical (unpaired) electrons. The zero-order chi connectivity index (χ0) is 29.2. The Morgan fingerprint density at radius 2 is 1.81 bits per heavy atom. The molecule has 3 heterocycles. The van der Waals surface area contributed by atoms with E-state index < -0.39 is 17.5 Å². The minimum atomic E-state index is -0.927. The van der Waals surface area contributed by atoms with E-state index in [2.05, 4.69) is 25.6 Å². The summed E-state index contributed by atoms with van der Waals surface area (Å²) in [5, 5.41) is 12.5. The van der Waals surface area contributed by atoms with Gasteiger partial charge in [0, 0.05) is 40.3 Å². The van der Waals surface area contributed by atoms with Crippen LogP contribution in [0.1, 0.15) is 11.6 Å². The molecule has 0 aliphatic rings. The summed E-state index contributed by atoms with van der Waals surface area (Å²) in [7, 11) is 0. The van der Waals surface area contributed by atoms with Crippen LogP contribution in [0.3, 0.4) is 0 Å². The lowest BCUT2D eigenvalue weighted by Crippen LogP contribution is -2.34. The summed E-state index contributed by atoms with van der Waals surface area (Å²) in [5.74, 6) is -0.416. The highest BCUT2D eigenvalue weighted by Crippen LogP contribution is 2.28.